The molecule has 0 aliphatic rings. The third-order valence-corrected chi connectivity index (χ3v) is 1.82. The molecule has 0 aliphatic carbocycles. The van der Waals surface area contributed by atoms with Gasteiger partial charge in [-0.2, -0.15) is 0 Å². The molecule has 0 saturated heterocycles. The van der Waals surface area contributed by atoms with Gasteiger partial charge in [-0.3, -0.25) is 4.79 Å². The average Bonchev–Trinajstić information content (AvgIpc) is 2.09. The number of alkyl carbamates (subject to hydrolysis) is 1. The maximum atomic E-state index is 11.2. The minimum absolute atomic E-state index is 0.150. The van der Waals surface area contributed by atoms with Gasteiger partial charge in [0.2, 0.25) is 0 Å². The number of ether oxygens (including phenoxy) is 1. The molecular weight excluding hydrogens is 214 g/mol. The fraction of sp³-hybridized carbons (Fsp3) is 0.800. The summed E-state index contributed by atoms with van der Waals surface area (Å²) in [5.41, 5.74) is -0.618. The first-order valence-corrected chi connectivity index (χ1v) is 5.01. The van der Waals surface area contributed by atoms with Crippen molar-refractivity contribution in [1.29, 1.82) is 0 Å². The van der Waals surface area contributed by atoms with Crippen LogP contribution in [0.25, 0.3) is 0 Å². The van der Waals surface area contributed by atoms with E-state index in [1.807, 2.05) is 0 Å². The Balaban J connectivity index is 3.97. The van der Waals surface area contributed by atoms with Crippen LogP contribution in [0.4, 0.5) is 4.79 Å². The van der Waals surface area contributed by atoms with E-state index in [0.717, 1.165) is 0 Å². The molecule has 0 bridgehead atoms. The molecule has 0 aliphatic heterocycles. The summed E-state index contributed by atoms with van der Waals surface area (Å²) < 4.78 is 4.92. The first-order valence-electron chi connectivity index (χ1n) is 5.01. The maximum Gasteiger partial charge on any atom is 0.407 e. The monoisotopic (exact) mass is 233 g/mol. The lowest BCUT2D eigenvalue weighted by molar-refractivity contribution is -0.144. The zero-order valence-corrected chi connectivity index (χ0v) is 9.98. The molecule has 16 heavy (non-hydrogen) atoms. The summed E-state index contributed by atoms with van der Waals surface area (Å²) in [6.45, 7) is 6.35. The van der Waals surface area contributed by atoms with Crippen molar-refractivity contribution in [2.45, 2.75) is 39.4 Å². The summed E-state index contributed by atoms with van der Waals surface area (Å²) in [7, 11) is 0. The second kappa shape index (κ2) is 5.69. The predicted octanol–water partition coefficient (Wildman–Crippen LogP) is 0.593. The van der Waals surface area contributed by atoms with E-state index in [1.54, 1.807) is 20.8 Å². The fourth-order valence-corrected chi connectivity index (χ4v) is 0.843. The standard InChI is InChI=1S/C10H19NO5/c1-6(8(13)14)7(12)5-11-9(15)16-10(2,3)4/h6-7,12H,5H2,1-4H3,(H,11,15)(H,13,14)/t6-,7-/m0/s1. The van der Waals surface area contributed by atoms with Gasteiger partial charge in [-0.25, -0.2) is 4.79 Å². The van der Waals surface area contributed by atoms with Gasteiger partial charge < -0.3 is 20.3 Å². The molecule has 0 aromatic heterocycles. The van der Waals surface area contributed by atoms with Crippen molar-refractivity contribution >= 4 is 12.1 Å². The van der Waals surface area contributed by atoms with Crippen LogP contribution in [0.3, 0.4) is 0 Å². The minimum Gasteiger partial charge on any atom is -0.481 e. The maximum absolute atomic E-state index is 11.2. The summed E-state index contributed by atoms with van der Waals surface area (Å²) in [4.78, 5) is 21.7. The summed E-state index contributed by atoms with van der Waals surface area (Å²) in [5.74, 6) is -2.05. The van der Waals surface area contributed by atoms with E-state index in [9.17, 15) is 14.7 Å². The van der Waals surface area contributed by atoms with Gasteiger partial charge in [0.05, 0.1) is 12.0 Å². The van der Waals surface area contributed by atoms with Crippen LogP contribution in [0.5, 0.6) is 0 Å². The van der Waals surface area contributed by atoms with Gasteiger partial charge in [-0.15, -0.1) is 0 Å². The number of aliphatic hydroxyl groups excluding tert-OH is 1. The van der Waals surface area contributed by atoms with Crippen molar-refractivity contribution in [1.82, 2.24) is 5.32 Å². The Morgan fingerprint density at radius 3 is 2.25 bits per heavy atom. The van der Waals surface area contributed by atoms with Crippen molar-refractivity contribution in [3.63, 3.8) is 0 Å². The molecule has 6 heteroatoms. The number of carbonyl (C=O) groups is 2. The number of amides is 1. The Hall–Kier alpha value is -1.30. The number of carboxylic acids is 1. The first kappa shape index (κ1) is 14.7. The lowest BCUT2D eigenvalue weighted by atomic mass is 10.1. The molecule has 3 N–H and O–H groups in total. The number of aliphatic carboxylic acids is 1. The Morgan fingerprint density at radius 1 is 1.38 bits per heavy atom. The molecule has 2 atom stereocenters. The highest BCUT2D eigenvalue weighted by Gasteiger charge is 2.23. The molecule has 0 rings (SSSR count). The van der Waals surface area contributed by atoms with Gasteiger partial charge in [-0.05, 0) is 27.7 Å². The quantitative estimate of drug-likeness (QED) is 0.660. The van der Waals surface area contributed by atoms with Crippen LogP contribution >= 0.6 is 0 Å². The van der Waals surface area contributed by atoms with Crippen molar-refractivity contribution in [2.75, 3.05) is 6.54 Å². The zero-order chi connectivity index (χ0) is 12.9. The number of nitrogens with one attached hydrogen (secondary N) is 1. The van der Waals surface area contributed by atoms with E-state index in [0.29, 0.717) is 0 Å². The van der Waals surface area contributed by atoms with Crippen molar-refractivity contribution in [3.8, 4) is 0 Å². The van der Waals surface area contributed by atoms with Crippen LogP contribution in [0.1, 0.15) is 27.7 Å². The molecule has 6 nitrogen and oxygen atoms in total. The molecule has 0 saturated carbocycles. The van der Waals surface area contributed by atoms with E-state index in [2.05, 4.69) is 5.32 Å². The number of hydrogen-bond acceptors (Lipinski definition) is 4. The van der Waals surface area contributed by atoms with E-state index < -0.39 is 29.7 Å². The fourth-order valence-electron chi connectivity index (χ4n) is 0.843. The van der Waals surface area contributed by atoms with Crippen LogP contribution in [0, 0.1) is 5.92 Å². The third kappa shape index (κ3) is 6.23. The Labute approximate surface area is 94.6 Å². The molecule has 0 aromatic carbocycles. The van der Waals surface area contributed by atoms with Crippen molar-refractivity contribution < 1.29 is 24.5 Å². The second-order valence-corrected chi connectivity index (χ2v) is 4.58. The molecule has 0 radical (unpaired) electrons. The molecule has 0 fully saturated rings. The molecule has 0 aromatic rings. The van der Waals surface area contributed by atoms with Crippen LogP contribution in [-0.4, -0.2) is 40.5 Å². The highest BCUT2D eigenvalue weighted by atomic mass is 16.6. The average molecular weight is 233 g/mol. The number of aliphatic hydroxyl groups is 1. The van der Waals surface area contributed by atoms with E-state index >= 15 is 0 Å². The molecular formula is C10H19NO5. The van der Waals surface area contributed by atoms with E-state index in [4.69, 9.17) is 9.84 Å². The number of rotatable bonds is 4. The first-order chi connectivity index (χ1) is 7.13. The SMILES string of the molecule is C[C@H](C(=O)O)[C@@H](O)CNC(=O)OC(C)(C)C. The molecule has 0 heterocycles. The lowest BCUT2D eigenvalue weighted by Gasteiger charge is -2.21. The number of carbonyl (C=O) groups excluding carboxylic acids is 1. The smallest absolute Gasteiger partial charge is 0.407 e. The zero-order valence-electron chi connectivity index (χ0n) is 9.98. The summed E-state index contributed by atoms with van der Waals surface area (Å²) in [6, 6.07) is 0. The van der Waals surface area contributed by atoms with Gasteiger partial charge in [0.15, 0.2) is 0 Å². The van der Waals surface area contributed by atoms with Gasteiger partial charge in [0, 0.05) is 6.54 Å². The van der Waals surface area contributed by atoms with E-state index in [1.165, 1.54) is 6.92 Å². The molecule has 94 valence electrons. The topological polar surface area (TPSA) is 95.9 Å². The normalized spacial score (nSPS) is 15.1. The van der Waals surface area contributed by atoms with E-state index in [-0.39, 0.29) is 6.54 Å². The highest BCUT2D eigenvalue weighted by Crippen LogP contribution is 2.07. The molecule has 0 spiro atoms. The largest absolute Gasteiger partial charge is 0.481 e. The number of carboxylic acid groups (broad SMARTS) is 1. The van der Waals surface area contributed by atoms with Crippen LogP contribution < -0.4 is 5.32 Å². The second-order valence-electron chi connectivity index (χ2n) is 4.58. The summed E-state index contributed by atoms with van der Waals surface area (Å²) in [6.07, 6.45) is -1.81. The predicted molar refractivity (Wildman–Crippen MR) is 57.0 cm³/mol. The van der Waals surface area contributed by atoms with Gasteiger partial charge in [0.1, 0.15) is 5.60 Å². The number of hydrogen-bond donors (Lipinski definition) is 3. The van der Waals surface area contributed by atoms with Crippen LogP contribution in [0.2, 0.25) is 0 Å². The third-order valence-electron chi connectivity index (χ3n) is 1.82. The van der Waals surface area contributed by atoms with Crippen LogP contribution in [-0.2, 0) is 9.53 Å². The minimum atomic E-state index is -1.13. The molecule has 1 amide bonds. The highest BCUT2D eigenvalue weighted by molar-refractivity contribution is 5.71. The summed E-state index contributed by atoms with van der Waals surface area (Å²) >= 11 is 0. The van der Waals surface area contributed by atoms with Gasteiger partial charge in [0.25, 0.3) is 0 Å². The Bertz CT molecular complexity index is 258. The van der Waals surface area contributed by atoms with Crippen molar-refractivity contribution in [2.24, 2.45) is 5.92 Å². The summed E-state index contributed by atoms with van der Waals surface area (Å²) in [5, 5.41) is 20.3. The molecule has 0 unspecified atom stereocenters. The van der Waals surface area contributed by atoms with Gasteiger partial charge in [-0.1, -0.05) is 0 Å². The van der Waals surface area contributed by atoms with Crippen molar-refractivity contribution in [3.05, 3.63) is 0 Å². The Morgan fingerprint density at radius 2 is 1.88 bits per heavy atom. The van der Waals surface area contributed by atoms with Crippen LogP contribution in [0.15, 0.2) is 0 Å². The van der Waals surface area contributed by atoms with Gasteiger partial charge >= 0.3 is 12.1 Å². The lowest BCUT2D eigenvalue weighted by Crippen LogP contribution is -2.40. The Kier molecular flexibility index (Phi) is 5.23.